The summed E-state index contributed by atoms with van der Waals surface area (Å²) in [5, 5.41) is 6.80. The second-order valence-corrected chi connectivity index (χ2v) is 7.46. The molecular weight excluding hydrogens is 360 g/mol. The second-order valence-electron chi connectivity index (χ2n) is 7.46. The third-order valence-electron chi connectivity index (χ3n) is 4.91. The predicted molar refractivity (Wildman–Crippen MR) is 121 cm³/mol. The average molecular weight is 393 g/mol. The molecule has 5 heteroatoms. The van der Waals surface area contributed by atoms with Crippen molar-refractivity contribution in [2.24, 2.45) is 10.9 Å². The minimum absolute atomic E-state index is 0.392. The number of guanidine groups is 1. The van der Waals surface area contributed by atoms with Crippen LogP contribution in [0, 0.1) is 5.92 Å². The molecule has 3 rings (SSSR count). The van der Waals surface area contributed by atoms with Crippen LogP contribution in [-0.4, -0.2) is 39.2 Å². The standard InChI is InChI=1S/C24H32N4O/c1-20(18-29-19-21-9-4-3-5-10-21)16-26-24(25-2)27-17-22-11-8-12-23(15-22)28-13-6-7-14-28/h3-12,15,20H,13-14,16-19H2,1-2H3,(H2,25,26,27). The molecule has 5 nitrogen and oxygen atoms in total. The van der Waals surface area contributed by atoms with Gasteiger partial charge in [-0.25, -0.2) is 0 Å². The van der Waals surface area contributed by atoms with Crippen molar-refractivity contribution in [1.82, 2.24) is 10.6 Å². The first kappa shape index (κ1) is 20.9. The van der Waals surface area contributed by atoms with Gasteiger partial charge in [-0.1, -0.05) is 61.5 Å². The smallest absolute Gasteiger partial charge is 0.191 e. The molecule has 1 heterocycles. The van der Waals surface area contributed by atoms with E-state index in [2.05, 4.69) is 76.0 Å². The van der Waals surface area contributed by atoms with Gasteiger partial charge < -0.3 is 20.3 Å². The molecule has 1 atom stereocenters. The van der Waals surface area contributed by atoms with Gasteiger partial charge in [0.1, 0.15) is 0 Å². The number of nitrogens with zero attached hydrogens (tertiary/aromatic N) is 2. The van der Waals surface area contributed by atoms with Crippen LogP contribution in [0.1, 0.15) is 18.1 Å². The van der Waals surface area contributed by atoms with Crippen LogP contribution in [0.2, 0.25) is 0 Å². The molecule has 0 saturated heterocycles. The zero-order chi connectivity index (χ0) is 20.3. The number of ether oxygens (including phenoxy) is 1. The van der Waals surface area contributed by atoms with Gasteiger partial charge in [0.05, 0.1) is 13.2 Å². The molecule has 1 unspecified atom stereocenters. The molecule has 0 saturated carbocycles. The first-order chi connectivity index (χ1) is 14.2. The average Bonchev–Trinajstić information content (AvgIpc) is 3.30. The van der Waals surface area contributed by atoms with Crippen LogP contribution >= 0.6 is 0 Å². The fourth-order valence-corrected chi connectivity index (χ4v) is 3.24. The Hall–Kier alpha value is -2.79. The number of hydrogen-bond acceptors (Lipinski definition) is 3. The lowest BCUT2D eigenvalue weighted by atomic mass is 10.2. The van der Waals surface area contributed by atoms with Crippen LogP contribution in [-0.2, 0) is 17.9 Å². The third kappa shape index (κ3) is 6.95. The van der Waals surface area contributed by atoms with Gasteiger partial charge in [-0.3, -0.25) is 4.99 Å². The third-order valence-corrected chi connectivity index (χ3v) is 4.91. The van der Waals surface area contributed by atoms with Gasteiger partial charge in [0, 0.05) is 38.9 Å². The van der Waals surface area contributed by atoms with Gasteiger partial charge >= 0.3 is 0 Å². The Morgan fingerprint density at radius 1 is 1.03 bits per heavy atom. The summed E-state index contributed by atoms with van der Waals surface area (Å²) in [7, 11) is 1.80. The SMILES string of the molecule is CN=C(NCc1cccc(N2CC=CC2)c1)NCC(C)COCc1ccccc1. The predicted octanol–water partition coefficient (Wildman–Crippen LogP) is 3.58. The minimum atomic E-state index is 0.392. The number of rotatable bonds is 9. The Morgan fingerprint density at radius 2 is 1.79 bits per heavy atom. The van der Waals surface area contributed by atoms with E-state index in [9.17, 15) is 0 Å². The quantitative estimate of drug-likeness (QED) is 0.389. The zero-order valence-electron chi connectivity index (χ0n) is 17.5. The molecule has 0 fully saturated rings. The Morgan fingerprint density at radius 3 is 2.55 bits per heavy atom. The van der Waals surface area contributed by atoms with Crippen LogP contribution in [0.15, 0.2) is 71.7 Å². The number of anilines is 1. The Labute approximate surface area is 174 Å². The summed E-state index contributed by atoms with van der Waals surface area (Å²) in [6, 6.07) is 18.9. The van der Waals surface area contributed by atoms with E-state index in [4.69, 9.17) is 4.74 Å². The van der Waals surface area contributed by atoms with E-state index < -0.39 is 0 Å². The lowest BCUT2D eigenvalue weighted by Crippen LogP contribution is -2.39. The molecule has 154 valence electrons. The first-order valence-corrected chi connectivity index (χ1v) is 10.3. The van der Waals surface area contributed by atoms with E-state index in [-0.39, 0.29) is 0 Å². The molecule has 2 aromatic rings. The van der Waals surface area contributed by atoms with Gasteiger partial charge in [-0.2, -0.15) is 0 Å². The molecule has 29 heavy (non-hydrogen) atoms. The molecule has 1 aliphatic heterocycles. The van der Waals surface area contributed by atoms with Gasteiger partial charge in [0.2, 0.25) is 0 Å². The van der Waals surface area contributed by atoms with E-state index in [1.54, 1.807) is 7.05 Å². The Bertz CT molecular complexity index is 796. The summed E-state index contributed by atoms with van der Waals surface area (Å²) in [4.78, 5) is 6.69. The number of nitrogens with one attached hydrogen (secondary N) is 2. The second kappa shape index (κ2) is 11.3. The monoisotopic (exact) mass is 392 g/mol. The van der Waals surface area contributed by atoms with Crippen LogP contribution < -0.4 is 15.5 Å². The van der Waals surface area contributed by atoms with Crippen molar-refractivity contribution in [3.05, 3.63) is 77.9 Å². The van der Waals surface area contributed by atoms with Gasteiger partial charge in [0.15, 0.2) is 5.96 Å². The molecule has 0 amide bonds. The summed E-state index contributed by atoms with van der Waals surface area (Å²) in [6.45, 7) is 7.08. The summed E-state index contributed by atoms with van der Waals surface area (Å²) in [5.41, 5.74) is 3.72. The normalized spacial score (nSPS) is 14.8. The van der Waals surface area contributed by atoms with Crippen LogP contribution in [0.5, 0.6) is 0 Å². The van der Waals surface area contributed by atoms with Gasteiger partial charge in [-0.15, -0.1) is 0 Å². The van der Waals surface area contributed by atoms with Crippen molar-refractivity contribution in [2.75, 3.05) is 38.2 Å². The van der Waals surface area contributed by atoms with E-state index in [1.165, 1.54) is 16.8 Å². The molecule has 0 bridgehead atoms. The Balaban J connectivity index is 1.37. The lowest BCUT2D eigenvalue weighted by Gasteiger charge is -2.19. The highest BCUT2D eigenvalue weighted by Crippen LogP contribution is 2.18. The molecule has 0 spiro atoms. The van der Waals surface area contributed by atoms with Crippen LogP contribution in [0.4, 0.5) is 5.69 Å². The molecule has 0 aliphatic carbocycles. The summed E-state index contributed by atoms with van der Waals surface area (Å²) < 4.78 is 5.83. The summed E-state index contributed by atoms with van der Waals surface area (Å²) in [6.07, 6.45) is 4.42. The number of benzene rings is 2. The zero-order valence-corrected chi connectivity index (χ0v) is 17.5. The summed E-state index contributed by atoms with van der Waals surface area (Å²) in [5.74, 6) is 1.21. The molecule has 2 N–H and O–H groups in total. The summed E-state index contributed by atoms with van der Waals surface area (Å²) >= 11 is 0. The van der Waals surface area contributed by atoms with Crippen molar-refractivity contribution in [3.8, 4) is 0 Å². The fourth-order valence-electron chi connectivity index (χ4n) is 3.24. The van der Waals surface area contributed by atoms with Crippen LogP contribution in [0.3, 0.4) is 0 Å². The Kier molecular flexibility index (Phi) is 8.13. The number of hydrogen-bond donors (Lipinski definition) is 2. The van der Waals surface area contributed by atoms with Crippen molar-refractivity contribution >= 4 is 11.6 Å². The highest BCUT2D eigenvalue weighted by molar-refractivity contribution is 5.79. The topological polar surface area (TPSA) is 48.9 Å². The van der Waals surface area contributed by atoms with Gasteiger partial charge in [-0.05, 0) is 29.2 Å². The van der Waals surface area contributed by atoms with Crippen molar-refractivity contribution < 1.29 is 4.74 Å². The fraction of sp³-hybridized carbons (Fsp3) is 0.375. The van der Waals surface area contributed by atoms with E-state index in [0.29, 0.717) is 19.1 Å². The maximum Gasteiger partial charge on any atom is 0.191 e. The number of aliphatic imine (C=N–C) groups is 1. The van der Waals surface area contributed by atoms with Crippen molar-refractivity contribution in [1.29, 1.82) is 0 Å². The lowest BCUT2D eigenvalue weighted by molar-refractivity contribution is 0.0931. The molecule has 0 aromatic heterocycles. The van der Waals surface area contributed by atoms with E-state index >= 15 is 0 Å². The van der Waals surface area contributed by atoms with Gasteiger partial charge in [0.25, 0.3) is 0 Å². The highest BCUT2D eigenvalue weighted by Gasteiger charge is 2.08. The van der Waals surface area contributed by atoms with E-state index in [1.807, 2.05) is 18.2 Å². The maximum atomic E-state index is 5.83. The molecular formula is C24H32N4O. The molecule has 2 aromatic carbocycles. The van der Waals surface area contributed by atoms with Crippen molar-refractivity contribution in [3.63, 3.8) is 0 Å². The van der Waals surface area contributed by atoms with E-state index in [0.717, 1.165) is 32.1 Å². The highest BCUT2D eigenvalue weighted by atomic mass is 16.5. The largest absolute Gasteiger partial charge is 0.376 e. The minimum Gasteiger partial charge on any atom is -0.376 e. The maximum absolute atomic E-state index is 5.83. The first-order valence-electron chi connectivity index (χ1n) is 10.3. The van der Waals surface area contributed by atoms with Crippen LogP contribution in [0.25, 0.3) is 0 Å². The van der Waals surface area contributed by atoms with Crippen molar-refractivity contribution in [2.45, 2.75) is 20.1 Å². The molecule has 1 aliphatic rings. The molecule has 0 radical (unpaired) electrons.